The van der Waals surface area contributed by atoms with Crippen molar-refractivity contribution in [3.05, 3.63) is 0 Å². The van der Waals surface area contributed by atoms with Crippen LogP contribution in [0.15, 0.2) is 0 Å². The van der Waals surface area contributed by atoms with Gasteiger partial charge in [0.25, 0.3) is 0 Å². The molecule has 0 N–H and O–H groups in total. The molecule has 0 saturated carbocycles. The van der Waals surface area contributed by atoms with Gasteiger partial charge in [-0.25, -0.2) is 0 Å². The average molecular weight is 297 g/mol. The summed E-state index contributed by atoms with van der Waals surface area (Å²) in [6.45, 7) is 0. The van der Waals surface area contributed by atoms with Crippen LogP contribution in [0.2, 0.25) is 0 Å². The molecule has 0 radical (unpaired) electrons. The Kier molecular flexibility index (Phi) is 3.53. The average Bonchev–Trinajstić information content (AvgIpc) is 1.98. The van der Waals surface area contributed by atoms with Crippen molar-refractivity contribution in [3.8, 4) is 0 Å². The zero-order valence-electron chi connectivity index (χ0n) is 7.33. The highest BCUT2D eigenvalue weighted by atomic mass is 32.2. The van der Waals surface area contributed by atoms with Gasteiger partial charge < -0.3 is 4.55 Å². The molecule has 0 heterocycles. The molecule has 0 bridgehead atoms. The van der Waals surface area contributed by atoms with Crippen molar-refractivity contribution in [2.45, 2.75) is 23.3 Å². The number of halogens is 9. The SMILES string of the molecule is C=S(=O)([O-])C(F)(F)C(F)(F)C(F)(F)C(F)(F)F. The molecule has 1 unspecified atom stereocenters. The Morgan fingerprint density at radius 1 is 0.824 bits per heavy atom. The van der Waals surface area contributed by atoms with E-state index in [1.165, 1.54) is 5.87 Å². The maximum absolute atomic E-state index is 12.4. The van der Waals surface area contributed by atoms with Gasteiger partial charge in [0.05, 0.1) is 0 Å². The lowest BCUT2D eigenvalue weighted by Gasteiger charge is -2.36. The van der Waals surface area contributed by atoms with Crippen molar-refractivity contribution >= 4 is 15.7 Å². The van der Waals surface area contributed by atoms with Gasteiger partial charge in [-0.3, -0.25) is 4.21 Å². The first-order valence-corrected chi connectivity index (χ1v) is 4.93. The van der Waals surface area contributed by atoms with Crippen LogP contribution < -0.4 is 0 Å². The van der Waals surface area contributed by atoms with E-state index < -0.39 is 33.1 Å². The molecule has 17 heavy (non-hydrogen) atoms. The zero-order chi connectivity index (χ0) is 14.5. The molecular weight excluding hydrogens is 295 g/mol. The summed E-state index contributed by atoms with van der Waals surface area (Å²) in [5.41, 5.74) is 0. The molecule has 0 saturated heterocycles. The molecule has 0 fully saturated rings. The minimum Gasteiger partial charge on any atom is -0.774 e. The molecule has 0 aromatic rings. The normalized spacial score (nSPS) is 18.9. The first kappa shape index (κ1) is 16.4. The van der Waals surface area contributed by atoms with Gasteiger partial charge in [-0.05, 0) is 9.80 Å². The lowest BCUT2D eigenvalue weighted by Crippen LogP contribution is -2.63. The second-order valence-electron chi connectivity index (χ2n) is 2.78. The summed E-state index contributed by atoms with van der Waals surface area (Å²) < 4.78 is 128. The Morgan fingerprint density at radius 3 is 1.29 bits per heavy atom. The van der Waals surface area contributed by atoms with E-state index in [0.29, 0.717) is 0 Å². The summed E-state index contributed by atoms with van der Waals surface area (Å²) in [5, 5.41) is -6.67. The molecule has 0 aliphatic heterocycles. The van der Waals surface area contributed by atoms with Crippen molar-refractivity contribution in [2.24, 2.45) is 0 Å². The summed E-state index contributed by atoms with van der Waals surface area (Å²) >= 11 is 0. The van der Waals surface area contributed by atoms with Gasteiger partial charge in [0.1, 0.15) is 0 Å². The maximum atomic E-state index is 12.4. The summed E-state index contributed by atoms with van der Waals surface area (Å²) in [7, 11) is -6.42. The third kappa shape index (κ3) is 2.19. The molecule has 0 aliphatic rings. The number of rotatable bonds is 3. The molecular formula is C5H2F9O2S-. The minimum absolute atomic E-state index is 1.45. The number of hydrogen-bond donors (Lipinski definition) is 0. The van der Waals surface area contributed by atoms with Gasteiger partial charge >= 0.3 is 23.3 Å². The number of alkyl halides is 9. The molecule has 0 rings (SSSR count). The van der Waals surface area contributed by atoms with Crippen LogP contribution in [0.5, 0.6) is 0 Å². The summed E-state index contributed by atoms with van der Waals surface area (Å²) in [4.78, 5) is 0. The minimum atomic E-state index is -7.23. The molecule has 0 aromatic heterocycles. The smallest absolute Gasteiger partial charge is 0.460 e. The highest BCUT2D eigenvalue weighted by Crippen LogP contribution is 2.54. The van der Waals surface area contributed by atoms with E-state index in [1.54, 1.807) is 0 Å². The third-order valence-corrected chi connectivity index (χ3v) is 2.54. The topological polar surface area (TPSA) is 40.1 Å². The Hall–Kier alpha value is -0.650. The van der Waals surface area contributed by atoms with Gasteiger partial charge in [0.15, 0.2) is 0 Å². The van der Waals surface area contributed by atoms with Crippen LogP contribution in [-0.2, 0) is 9.80 Å². The molecule has 0 aliphatic carbocycles. The van der Waals surface area contributed by atoms with Crippen LogP contribution in [0.25, 0.3) is 0 Å². The molecule has 0 aromatic carbocycles. The van der Waals surface area contributed by atoms with E-state index in [0.717, 1.165) is 0 Å². The van der Waals surface area contributed by atoms with Crippen LogP contribution in [0.4, 0.5) is 39.5 Å². The van der Waals surface area contributed by atoms with E-state index in [2.05, 4.69) is 0 Å². The fraction of sp³-hybridized carbons (Fsp3) is 0.800. The van der Waals surface area contributed by atoms with Gasteiger partial charge in [-0.15, -0.1) is 0 Å². The van der Waals surface area contributed by atoms with Crippen molar-refractivity contribution in [2.75, 3.05) is 0 Å². The summed E-state index contributed by atoms with van der Waals surface area (Å²) in [5.74, 6) is -13.0. The van der Waals surface area contributed by atoms with E-state index >= 15 is 0 Å². The Balaban J connectivity index is 5.91. The standard InChI is InChI=1S/C5H3F9O2S/c1-17(15,16)5(13,14)3(8,9)2(6,7)4(10,11)12/h1H2,(H,15,16)/p-1. The van der Waals surface area contributed by atoms with Crippen LogP contribution in [0.3, 0.4) is 0 Å². The van der Waals surface area contributed by atoms with E-state index in [4.69, 9.17) is 0 Å². The van der Waals surface area contributed by atoms with Crippen LogP contribution in [0.1, 0.15) is 0 Å². The van der Waals surface area contributed by atoms with E-state index in [1.807, 2.05) is 0 Å². The first-order valence-electron chi connectivity index (χ1n) is 3.28. The largest absolute Gasteiger partial charge is 0.774 e. The van der Waals surface area contributed by atoms with Crippen molar-refractivity contribution in [1.82, 2.24) is 0 Å². The molecule has 1 atom stereocenters. The second kappa shape index (κ2) is 3.67. The van der Waals surface area contributed by atoms with Crippen LogP contribution in [-0.4, -0.2) is 37.9 Å². The zero-order valence-corrected chi connectivity index (χ0v) is 8.15. The lowest BCUT2D eigenvalue weighted by atomic mass is 10.1. The predicted molar refractivity (Wildman–Crippen MR) is 36.9 cm³/mol. The predicted octanol–water partition coefficient (Wildman–Crippen LogP) is 2.26. The third-order valence-electron chi connectivity index (χ3n) is 1.51. The van der Waals surface area contributed by atoms with Crippen molar-refractivity contribution in [3.63, 3.8) is 0 Å². The fourth-order valence-corrected chi connectivity index (χ4v) is 1.07. The maximum Gasteiger partial charge on any atom is 0.460 e. The monoisotopic (exact) mass is 297 g/mol. The summed E-state index contributed by atoms with van der Waals surface area (Å²) in [6, 6.07) is 0. The molecule has 2 nitrogen and oxygen atoms in total. The quantitative estimate of drug-likeness (QED) is 0.592. The Morgan fingerprint density at radius 2 is 1.12 bits per heavy atom. The molecule has 0 amide bonds. The first-order chi connectivity index (χ1) is 7.00. The highest BCUT2D eigenvalue weighted by Gasteiger charge is 2.82. The fourth-order valence-electron chi connectivity index (χ4n) is 0.556. The van der Waals surface area contributed by atoms with Gasteiger partial charge in [-0.1, -0.05) is 5.87 Å². The molecule has 104 valence electrons. The van der Waals surface area contributed by atoms with Gasteiger partial charge in [0, 0.05) is 0 Å². The van der Waals surface area contributed by atoms with Gasteiger partial charge in [-0.2, -0.15) is 39.5 Å². The Bertz CT molecular complexity index is 392. The van der Waals surface area contributed by atoms with Crippen molar-refractivity contribution < 1.29 is 48.3 Å². The lowest BCUT2D eigenvalue weighted by molar-refractivity contribution is -0.382. The van der Waals surface area contributed by atoms with Gasteiger partial charge in [0.2, 0.25) is 0 Å². The summed E-state index contributed by atoms with van der Waals surface area (Å²) in [6.07, 6.45) is -7.05. The van der Waals surface area contributed by atoms with E-state index in [9.17, 15) is 48.3 Å². The van der Waals surface area contributed by atoms with Crippen molar-refractivity contribution in [1.29, 1.82) is 0 Å². The van der Waals surface area contributed by atoms with E-state index in [-0.39, 0.29) is 0 Å². The molecule has 0 spiro atoms. The Labute approximate surface area is 88.2 Å². The second-order valence-corrected chi connectivity index (χ2v) is 4.52. The highest BCUT2D eigenvalue weighted by molar-refractivity contribution is 7.96. The van der Waals surface area contributed by atoms with Crippen LogP contribution in [0, 0.1) is 0 Å². The van der Waals surface area contributed by atoms with Crippen LogP contribution >= 0.6 is 0 Å². The molecule has 12 heteroatoms. The number of hydrogen-bond acceptors (Lipinski definition) is 2.